The SMILES string of the molecule is CC[NH+](CC(=O)Nc1ccccc1OC)CC(=O)N[C@@H]1CCCC[C@@H]1C. The Bertz CT molecular complexity index is 606. The maximum Gasteiger partial charge on any atom is 0.279 e. The van der Waals surface area contributed by atoms with Gasteiger partial charge in [0.05, 0.1) is 19.3 Å². The van der Waals surface area contributed by atoms with Crippen LogP contribution in [0.5, 0.6) is 5.75 Å². The molecule has 6 heteroatoms. The summed E-state index contributed by atoms with van der Waals surface area (Å²) in [6.07, 6.45) is 4.67. The van der Waals surface area contributed by atoms with Gasteiger partial charge in [-0.25, -0.2) is 0 Å². The molecule has 0 spiro atoms. The van der Waals surface area contributed by atoms with E-state index in [9.17, 15) is 9.59 Å². The molecule has 3 atom stereocenters. The van der Waals surface area contributed by atoms with Crippen LogP contribution in [0.1, 0.15) is 39.5 Å². The average Bonchev–Trinajstić information content (AvgIpc) is 2.63. The molecule has 6 nitrogen and oxygen atoms in total. The second kappa shape index (κ2) is 10.2. The molecular weight excluding hydrogens is 330 g/mol. The van der Waals surface area contributed by atoms with Gasteiger partial charge in [-0.1, -0.05) is 31.9 Å². The number of likely N-dealkylation sites (N-methyl/N-ethyl adjacent to an activating group) is 1. The number of rotatable bonds is 8. The average molecular weight is 362 g/mol. The number of carbonyl (C=O) groups is 2. The molecule has 0 aromatic heterocycles. The van der Waals surface area contributed by atoms with Crippen molar-refractivity contribution in [2.45, 2.75) is 45.6 Å². The van der Waals surface area contributed by atoms with E-state index < -0.39 is 0 Å². The minimum atomic E-state index is -0.120. The van der Waals surface area contributed by atoms with E-state index in [2.05, 4.69) is 17.6 Å². The van der Waals surface area contributed by atoms with Gasteiger partial charge >= 0.3 is 0 Å². The van der Waals surface area contributed by atoms with Crippen LogP contribution in [0.4, 0.5) is 5.69 Å². The predicted octanol–water partition coefficient (Wildman–Crippen LogP) is 1.23. The van der Waals surface area contributed by atoms with Gasteiger partial charge in [0.15, 0.2) is 13.1 Å². The number of para-hydroxylation sites is 2. The third-order valence-corrected chi connectivity index (χ3v) is 5.16. The van der Waals surface area contributed by atoms with Crippen LogP contribution in [0.3, 0.4) is 0 Å². The van der Waals surface area contributed by atoms with Crippen LogP contribution in [0.15, 0.2) is 24.3 Å². The highest BCUT2D eigenvalue weighted by atomic mass is 16.5. The number of quaternary nitrogens is 1. The summed E-state index contributed by atoms with van der Waals surface area (Å²) in [5.74, 6) is 1.07. The monoisotopic (exact) mass is 362 g/mol. The lowest BCUT2D eigenvalue weighted by Crippen LogP contribution is -3.14. The summed E-state index contributed by atoms with van der Waals surface area (Å²) in [4.78, 5) is 25.7. The first-order valence-corrected chi connectivity index (χ1v) is 9.59. The standard InChI is InChI=1S/C20H31N3O3/c1-4-23(13-19(24)21-16-10-6-5-9-15(16)2)14-20(25)22-17-11-7-8-12-18(17)26-3/h7-8,11-12,15-16H,4-6,9-10,13-14H2,1-3H3,(H,21,24)(H,22,25)/p+1/t15-,16+/m0/s1. The Hall–Kier alpha value is -2.08. The third-order valence-electron chi connectivity index (χ3n) is 5.16. The smallest absolute Gasteiger partial charge is 0.279 e. The van der Waals surface area contributed by atoms with Gasteiger partial charge in [0.2, 0.25) is 0 Å². The molecule has 3 N–H and O–H groups in total. The molecule has 0 bridgehead atoms. The largest absolute Gasteiger partial charge is 0.495 e. The number of hydrogen-bond acceptors (Lipinski definition) is 3. The Kier molecular flexibility index (Phi) is 7.91. The second-order valence-corrected chi connectivity index (χ2v) is 7.14. The quantitative estimate of drug-likeness (QED) is 0.651. The van der Waals surface area contributed by atoms with Crippen molar-refractivity contribution in [1.29, 1.82) is 0 Å². The first kappa shape index (κ1) is 20.2. The van der Waals surface area contributed by atoms with Gasteiger partial charge in [-0.05, 0) is 37.8 Å². The van der Waals surface area contributed by atoms with Crippen molar-refractivity contribution in [3.05, 3.63) is 24.3 Å². The summed E-state index contributed by atoms with van der Waals surface area (Å²) in [6, 6.07) is 7.59. The molecule has 0 heterocycles. The molecule has 1 unspecified atom stereocenters. The number of carbonyl (C=O) groups excluding carboxylic acids is 2. The summed E-state index contributed by atoms with van der Waals surface area (Å²) in [7, 11) is 1.57. The minimum absolute atomic E-state index is 0.0330. The maximum absolute atomic E-state index is 12.4. The van der Waals surface area contributed by atoms with E-state index in [0.29, 0.717) is 30.4 Å². The Balaban J connectivity index is 1.83. The molecule has 144 valence electrons. The van der Waals surface area contributed by atoms with Crippen LogP contribution < -0.4 is 20.3 Å². The molecule has 1 fully saturated rings. The van der Waals surface area contributed by atoms with E-state index in [1.165, 1.54) is 19.3 Å². The van der Waals surface area contributed by atoms with E-state index in [-0.39, 0.29) is 24.4 Å². The Morgan fingerprint density at radius 3 is 2.54 bits per heavy atom. The van der Waals surface area contributed by atoms with Gasteiger partial charge in [-0.2, -0.15) is 0 Å². The molecule has 0 radical (unpaired) electrons. The number of hydrogen-bond donors (Lipinski definition) is 3. The van der Waals surface area contributed by atoms with Crippen LogP contribution in [0, 0.1) is 5.92 Å². The summed E-state index contributed by atoms with van der Waals surface area (Å²) in [6.45, 7) is 5.48. The van der Waals surface area contributed by atoms with Crippen LogP contribution in [-0.4, -0.2) is 44.6 Å². The van der Waals surface area contributed by atoms with E-state index in [0.717, 1.165) is 11.3 Å². The van der Waals surface area contributed by atoms with Crippen LogP contribution in [0.2, 0.25) is 0 Å². The Morgan fingerprint density at radius 1 is 1.15 bits per heavy atom. The normalized spacial score (nSPS) is 20.9. The fourth-order valence-electron chi connectivity index (χ4n) is 3.50. The maximum atomic E-state index is 12.4. The number of amides is 2. The highest BCUT2D eigenvalue weighted by Gasteiger charge is 2.25. The molecule has 1 aromatic rings. The van der Waals surface area contributed by atoms with Gasteiger partial charge in [-0.3, -0.25) is 9.59 Å². The molecule has 2 amide bonds. The molecule has 26 heavy (non-hydrogen) atoms. The number of methoxy groups -OCH3 is 1. The predicted molar refractivity (Wildman–Crippen MR) is 102 cm³/mol. The van der Waals surface area contributed by atoms with Gasteiger partial charge in [0.1, 0.15) is 5.75 Å². The topological polar surface area (TPSA) is 71.9 Å². The number of anilines is 1. The Labute approximate surface area is 156 Å². The first-order chi connectivity index (χ1) is 12.5. The van der Waals surface area contributed by atoms with Gasteiger partial charge in [0.25, 0.3) is 11.8 Å². The van der Waals surface area contributed by atoms with Gasteiger partial charge in [0, 0.05) is 6.04 Å². The fourth-order valence-corrected chi connectivity index (χ4v) is 3.50. The highest BCUT2D eigenvalue weighted by Crippen LogP contribution is 2.23. The van der Waals surface area contributed by atoms with Gasteiger partial charge < -0.3 is 20.3 Å². The Morgan fingerprint density at radius 2 is 1.85 bits per heavy atom. The molecule has 1 aliphatic carbocycles. The van der Waals surface area contributed by atoms with E-state index >= 15 is 0 Å². The van der Waals surface area contributed by atoms with Crippen LogP contribution in [0.25, 0.3) is 0 Å². The van der Waals surface area contributed by atoms with E-state index in [1.807, 2.05) is 19.1 Å². The zero-order valence-electron chi connectivity index (χ0n) is 16.1. The van der Waals surface area contributed by atoms with Gasteiger partial charge in [-0.15, -0.1) is 0 Å². The molecule has 1 aliphatic rings. The second-order valence-electron chi connectivity index (χ2n) is 7.14. The van der Waals surface area contributed by atoms with E-state index in [4.69, 9.17) is 4.74 Å². The van der Waals surface area contributed by atoms with Crippen molar-refractivity contribution in [3.63, 3.8) is 0 Å². The van der Waals surface area contributed by atoms with Crippen LogP contribution >= 0.6 is 0 Å². The fraction of sp³-hybridized carbons (Fsp3) is 0.600. The molecule has 2 rings (SSSR count). The number of nitrogens with one attached hydrogen (secondary N) is 3. The summed E-state index contributed by atoms with van der Waals surface area (Å²) >= 11 is 0. The highest BCUT2D eigenvalue weighted by molar-refractivity contribution is 5.93. The molecule has 0 saturated heterocycles. The molecule has 1 aromatic carbocycles. The lowest BCUT2D eigenvalue weighted by molar-refractivity contribution is -0.881. The molecule has 0 aliphatic heterocycles. The van der Waals surface area contributed by atoms with E-state index in [1.54, 1.807) is 19.2 Å². The summed E-state index contributed by atoms with van der Waals surface area (Å²) < 4.78 is 5.25. The summed E-state index contributed by atoms with van der Waals surface area (Å²) in [5.41, 5.74) is 0.649. The molecular formula is C20H32N3O3+. The molecule has 1 saturated carbocycles. The lowest BCUT2D eigenvalue weighted by atomic mass is 9.86. The number of benzene rings is 1. The lowest BCUT2D eigenvalue weighted by Gasteiger charge is -2.29. The van der Waals surface area contributed by atoms with Crippen molar-refractivity contribution in [2.24, 2.45) is 5.92 Å². The van der Waals surface area contributed by atoms with Crippen LogP contribution in [-0.2, 0) is 9.59 Å². The summed E-state index contributed by atoms with van der Waals surface area (Å²) in [5, 5.41) is 6.03. The first-order valence-electron chi connectivity index (χ1n) is 9.59. The third kappa shape index (κ3) is 6.02. The number of ether oxygens (including phenoxy) is 1. The van der Waals surface area contributed by atoms with Crippen molar-refractivity contribution in [1.82, 2.24) is 5.32 Å². The van der Waals surface area contributed by atoms with Crippen molar-refractivity contribution < 1.29 is 19.2 Å². The van der Waals surface area contributed by atoms with Crippen molar-refractivity contribution in [2.75, 3.05) is 32.1 Å². The zero-order valence-corrected chi connectivity index (χ0v) is 16.1. The van der Waals surface area contributed by atoms with Crippen molar-refractivity contribution in [3.8, 4) is 5.75 Å². The van der Waals surface area contributed by atoms with Crippen molar-refractivity contribution >= 4 is 17.5 Å². The zero-order chi connectivity index (χ0) is 18.9. The minimum Gasteiger partial charge on any atom is -0.495 e.